The van der Waals surface area contributed by atoms with E-state index in [2.05, 4.69) is 6.07 Å². The predicted octanol–water partition coefficient (Wildman–Crippen LogP) is 7.63. The van der Waals surface area contributed by atoms with Gasteiger partial charge in [0.15, 0.2) is 0 Å². The second kappa shape index (κ2) is 8.57. The van der Waals surface area contributed by atoms with Crippen LogP contribution < -0.4 is 5.73 Å². The molecule has 152 valence electrons. The van der Waals surface area contributed by atoms with Crippen LogP contribution in [0.4, 0.5) is 0 Å². The molecule has 7 heteroatoms. The molecular formula is C23H16Cl4N2O. The highest BCUT2D eigenvalue weighted by molar-refractivity contribution is 6.36. The first-order chi connectivity index (χ1) is 14.4. The van der Waals surface area contributed by atoms with E-state index >= 15 is 0 Å². The van der Waals surface area contributed by atoms with Gasteiger partial charge in [0.1, 0.15) is 17.4 Å². The molecule has 0 bridgehead atoms. The summed E-state index contributed by atoms with van der Waals surface area (Å²) in [5.74, 6) is 0.384. The van der Waals surface area contributed by atoms with Crippen molar-refractivity contribution in [2.45, 2.75) is 25.2 Å². The first kappa shape index (κ1) is 21.2. The van der Waals surface area contributed by atoms with Crippen LogP contribution in [0.1, 0.15) is 36.3 Å². The number of nitrogens with zero attached hydrogens (tertiary/aromatic N) is 1. The van der Waals surface area contributed by atoms with E-state index in [0.717, 1.165) is 41.5 Å². The Balaban J connectivity index is 1.87. The van der Waals surface area contributed by atoms with Gasteiger partial charge in [-0.25, -0.2) is 0 Å². The molecule has 1 atom stereocenters. The van der Waals surface area contributed by atoms with Gasteiger partial charge in [-0.05, 0) is 71.9 Å². The smallest absolute Gasteiger partial charge is 0.205 e. The highest BCUT2D eigenvalue weighted by Crippen LogP contribution is 2.48. The summed E-state index contributed by atoms with van der Waals surface area (Å²) >= 11 is 25.0. The second-order valence-corrected chi connectivity index (χ2v) is 8.82. The molecule has 0 radical (unpaired) electrons. The fourth-order valence-electron chi connectivity index (χ4n) is 3.93. The van der Waals surface area contributed by atoms with E-state index in [0.29, 0.717) is 31.4 Å². The quantitative estimate of drug-likeness (QED) is 0.483. The second-order valence-electron chi connectivity index (χ2n) is 7.13. The van der Waals surface area contributed by atoms with Gasteiger partial charge in [-0.15, -0.1) is 0 Å². The molecule has 2 aliphatic rings. The fourth-order valence-corrected chi connectivity index (χ4v) is 4.91. The van der Waals surface area contributed by atoms with Gasteiger partial charge in [-0.2, -0.15) is 5.26 Å². The van der Waals surface area contributed by atoms with Crippen LogP contribution in [0.15, 0.2) is 64.8 Å². The van der Waals surface area contributed by atoms with E-state index in [1.807, 2.05) is 18.2 Å². The molecular weight excluding hydrogens is 462 g/mol. The first-order valence-corrected chi connectivity index (χ1v) is 10.8. The molecule has 0 saturated carbocycles. The lowest BCUT2D eigenvalue weighted by atomic mass is 9.77. The zero-order valence-corrected chi connectivity index (χ0v) is 18.7. The Morgan fingerprint density at radius 3 is 2.37 bits per heavy atom. The summed E-state index contributed by atoms with van der Waals surface area (Å²) in [7, 11) is 0. The lowest BCUT2D eigenvalue weighted by Gasteiger charge is -2.33. The van der Waals surface area contributed by atoms with Crippen molar-refractivity contribution >= 4 is 52.5 Å². The summed E-state index contributed by atoms with van der Waals surface area (Å²) in [6, 6.07) is 12.8. The minimum atomic E-state index is -0.382. The number of allylic oxidation sites excluding steroid dienone is 3. The number of nitrogens with two attached hydrogens (primary N) is 1. The number of ether oxygens (including phenoxy) is 1. The molecule has 1 aliphatic carbocycles. The average Bonchev–Trinajstić information content (AvgIpc) is 2.70. The summed E-state index contributed by atoms with van der Waals surface area (Å²) in [5, 5.41) is 11.9. The monoisotopic (exact) mass is 476 g/mol. The van der Waals surface area contributed by atoms with E-state index in [1.165, 1.54) is 0 Å². The standard InChI is InChI=1S/C23H16Cl4N2O/c24-14-5-4-12(19(26)9-14)8-13-2-1-3-17-21(16-7-6-15(25)10-20(16)27)18(11-28)23(29)30-22(13)17/h4-10,21H,1-3,29H2/b13-8-/t21-/m0/s1. The minimum Gasteiger partial charge on any atom is -0.440 e. The number of halogens is 4. The van der Waals surface area contributed by atoms with Crippen molar-refractivity contribution in [3.8, 4) is 6.07 Å². The zero-order valence-electron chi connectivity index (χ0n) is 15.7. The molecule has 1 heterocycles. The van der Waals surface area contributed by atoms with Gasteiger partial charge in [0, 0.05) is 20.1 Å². The molecule has 1 aliphatic heterocycles. The molecule has 0 unspecified atom stereocenters. The Morgan fingerprint density at radius 1 is 1.00 bits per heavy atom. The summed E-state index contributed by atoms with van der Waals surface area (Å²) in [6.07, 6.45) is 4.45. The Bertz CT molecular complexity index is 1170. The van der Waals surface area contributed by atoms with Crippen molar-refractivity contribution in [3.05, 3.63) is 96.0 Å². The van der Waals surface area contributed by atoms with Crippen LogP contribution in [-0.2, 0) is 4.74 Å². The van der Waals surface area contributed by atoms with Gasteiger partial charge in [0.25, 0.3) is 0 Å². The van der Waals surface area contributed by atoms with Gasteiger partial charge < -0.3 is 10.5 Å². The third-order valence-electron chi connectivity index (χ3n) is 5.28. The van der Waals surface area contributed by atoms with E-state index in [4.69, 9.17) is 56.9 Å². The number of hydrogen-bond donors (Lipinski definition) is 1. The summed E-state index contributed by atoms with van der Waals surface area (Å²) < 4.78 is 5.97. The molecule has 2 N–H and O–H groups in total. The highest BCUT2D eigenvalue weighted by Gasteiger charge is 2.36. The fraction of sp³-hybridized carbons (Fsp3) is 0.174. The zero-order chi connectivity index (χ0) is 21.4. The molecule has 3 nitrogen and oxygen atoms in total. The van der Waals surface area contributed by atoms with Crippen LogP contribution in [0.5, 0.6) is 0 Å². The van der Waals surface area contributed by atoms with E-state index in [-0.39, 0.29) is 11.8 Å². The van der Waals surface area contributed by atoms with Gasteiger partial charge in [0.2, 0.25) is 5.88 Å². The number of hydrogen-bond acceptors (Lipinski definition) is 3. The Hall–Kier alpha value is -2.09. The van der Waals surface area contributed by atoms with Crippen LogP contribution in [0.2, 0.25) is 20.1 Å². The molecule has 2 aromatic carbocycles. The molecule has 4 rings (SSSR count). The van der Waals surface area contributed by atoms with Crippen molar-refractivity contribution in [3.63, 3.8) is 0 Å². The van der Waals surface area contributed by atoms with Crippen LogP contribution in [-0.4, -0.2) is 0 Å². The molecule has 0 amide bonds. The highest BCUT2D eigenvalue weighted by atomic mass is 35.5. The number of nitriles is 1. The van der Waals surface area contributed by atoms with Gasteiger partial charge >= 0.3 is 0 Å². The lowest BCUT2D eigenvalue weighted by molar-refractivity contribution is 0.277. The maximum atomic E-state index is 9.79. The van der Waals surface area contributed by atoms with E-state index in [1.54, 1.807) is 24.3 Å². The van der Waals surface area contributed by atoms with E-state index < -0.39 is 0 Å². The van der Waals surface area contributed by atoms with Crippen LogP contribution >= 0.6 is 46.4 Å². The molecule has 0 spiro atoms. The SMILES string of the molecule is N#CC1=C(N)OC2=C(CCC/C2=C/c2ccc(Cl)cc2Cl)[C@@H]1c1ccc(Cl)cc1Cl. The summed E-state index contributed by atoms with van der Waals surface area (Å²) in [4.78, 5) is 0. The Kier molecular flexibility index (Phi) is 6.04. The topological polar surface area (TPSA) is 59.0 Å². The molecule has 2 aromatic rings. The Labute approximate surface area is 194 Å². The average molecular weight is 478 g/mol. The van der Waals surface area contributed by atoms with Gasteiger partial charge in [-0.3, -0.25) is 0 Å². The number of rotatable bonds is 2. The van der Waals surface area contributed by atoms with Crippen molar-refractivity contribution in [1.29, 1.82) is 5.26 Å². The maximum absolute atomic E-state index is 9.79. The largest absolute Gasteiger partial charge is 0.440 e. The predicted molar refractivity (Wildman–Crippen MR) is 122 cm³/mol. The Morgan fingerprint density at radius 2 is 1.70 bits per heavy atom. The van der Waals surface area contributed by atoms with Gasteiger partial charge in [-0.1, -0.05) is 58.5 Å². The van der Waals surface area contributed by atoms with Crippen molar-refractivity contribution < 1.29 is 4.74 Å². The molecule has 0 fully saturated rings. The van der Waals surface area contributed by atoms with Crippen molar-refractivity contribution in [1.82, 2.24) is 0 Å². The lowest BCUT2D eigenvalue weighted by Crippen LogP contribution is -2.24. The van der Waals surface area contributed by atoms with Crippen LogP contribution in [0.3, 0.4) is 0 Å². The van der Waals surface area contributed by atoms with Crippen molar-refractivity contribution in [2.75, 3.05) is 0 Å². The minimum absolute atomic E-state index is 0.0854. The molecule has 0 aromatic heterocycles. The van der Waals surface area contributed by atoms with Crippen molar-refractivity contribution in [2.24, 2.45) is 5.73 Å². The van der Waals surface area contributed by atoms with E-state index in [9.17, 15) is 5.26 Å². The van der Waals surface area contributed by atoms with Gasteiger partial charge in [0.05, 0.1) is 5.92 Å². The third kappa shape index (κ3) is 3.94. The molecule has 0 saturated heterocycles. The number of benzene rings is 2. The summed E-state index contributed by atoms with van der Waals surface area (Å²) in [6.45, 7) is 0. The normalized spacial score (nSPS) is 20.1. The maximum Gasteiger partial charge on any atom is 0.205 e. The summed E-state index contributed by atoms with van der Waals surface area (Å²) in [5.41, 5.74) is 10.1. The van der Waals surface area contributed by atoms with Crippen LogP contribution in [0, 0.1) is 11.3 Å². The molecule has 30 heavy (non-hydrogen) atoms. The first-order valence-electron chi connectivity index (χ1n) is 9.30. The third-order valence-corrected chi connectivity index (χ3v) is 6.40. The van der Waals surface area contributed by atoms with Crippen LogP contribution in [0.25, 0.3) is 6.08 Å².